The lowest BCUT2D eigenvalue weighted by atomic mass is 9.97. The number of hydrogen-bond acceptors (Lipinski definition) is 3. The maximum atomic E-state index is 13.2. The highest BCUT2D eigenvalue weighted by molar-refractivity contribution is 5.78. The second kappa shape index (κ2) is 9.44. The summed E-state index contributed by atoms with van der Waals surface area (Å²) >= 11 is 0. The zero-order chi connectivity index (χ0) is 19.1. The third-order valence-corrected chi connectivity index (χ3v) is 5.04. The molecule has 1 atom stereocenters. The average Bonchev–Trinajstić information content (AvgIpc) is 3.20. The third kappa shape index (κ3) is 5.74. The van der Waals surface area contributed by atoms with E-state index in [-0.39, 0.29) is 17.6 Å². The first kappa shape index (κ1) is 19.3. The molecular formula is C21H27FN4O. The molecule has 5 nitrogen and oxygen atoms in total. The molecule has 3 rings (SSSR count). The fraction of sp³-hybridized carbons (Fsp3) is 0.476. The Kier molecular flexibility index (Phi) is 6.74. The van der Waals surface area contributed by atoms with Crippen molar-refractivity contribution in [2.24, 2.45) is 5.92 Å². The van der Waals surface area contributed by atoms with Gasteiger partial charge in [0.2, 0.25) is 5.91 Å². The van der Waals surface area contributed by atoms with Crippen LogP contribution in [0.5, 0.6) is 0 Å². The third-order valence-electron chi connectivity index (χ3n) is 5.04. The normalized spacial score (nSPS) is 15.3. The second-order valence-electron chi connectivity index (χ2n) is 7.26. The van der Waals surface area contributed by atoms with Crippen LogP contribution in [0.15, 0.2) is 48.6 Å². The summed E-state index contributed by atoms with van der Waals surface area (Å²) in [4.78, 5) is 18.9. The Morgan fingerprint density at radius 1 is 1.30 bits per heavy atom. The van der Waals surface area contributed by atoms with E-state index in [0.29, 0.717) is 19.6 Å². The van der Waals surface area contributed by atoms with Crippen molar-refractivity contribution in [2.75, 3.05) is 6.54 Å². The van der Waals surface area contributed by atoms with E-state index in [4.69, 9.17) is 0 Å². The number of aromatic nitrogens is 3. The van der Waals surface area contributed by atoms with Crippen molar-refractivity contribution in [2.45, 2.75) is 52.1 Å². The molecule has 1 aromatic carbocycles. The van der Waals surface area contributed by atoms with E-state index in [9.17, 15) is 9.18 Å². The van der Waals surface area contributed by atoms with Gasteiger partial charge in [0.05, 0.1) is 12.5 Å². The van der Waals surface area contributed by atoms with Gasteiger partial charge in [-0.2, -0.15) is 5.10 Å². The van der Waals surface area contributed by atoms with Crippen LogP contribution in [-0.2, 0) is 17.9 Å². The van der Waals surface area contributed by atoms with E-state index >= 15 is 0 Å². The quantitative estimate of drug-likeness (QED) is 0.661. The number of amides is 1. The number of allylic oxidation sites excluding steroid dienone is 1. The smallest absolute Gasteiger partial charge is 0.227 e. The van der Waals surface area contributed by atoms with Crippen LogP contribution >= 0.6 is 0 Å². The van der Waals surface area contributed by atoms with Gasteiger partial charge in [0.1, 0.15) is 18.5 Å². The molecule has 0 saturated heterocycles. The van der Waals surface area contributed by atoms with Crippen molar-refractivity contribution in [3.05, 3.63) is 59.9 Å². The minimum absolute atomic E-state index is 0.0891. The Morgan fingerprint density at radius 3 is 2.78 bits per heavy atom. The predicted molar refractivity (Wildman–Crippen MR) is 102 cm³/mol. The van der Waals surface area contributed by atoms with Gasteiger partial charge in [0, 0.05) is 13.1 Å². The van der Waals surface area contributed by atoms with E-state index in [1.165, 1.54) is 36.9 Å². The van der Waals surface area contributed by atoms with Crippen molar-refractivity contribution in [1.82, 2.24) is 19.7 Å². The molecule has 0 bridgehead atoms. The fourth-order valence-electron chi connectivity index (χ4n) is 3.49. The maximum Gasteiger partial charge on any atom is 0.227 e. The van der Waals surface area contributed by atoms with E-state index in [2.05, 4.69) is 16.2 Å². The SMILES string of the molecule is CC(Cn1cncn1)C(=O)N(CCC1=CCCCC1)Cc1ccc(F)cc1. The lowest BCUT2D eigenvalue weighted by molar-refractivity contribution is -0.136. The summed E-state index contributed by atoms with van der Waals surface area (Å²) in [6.07, 6.45) is 11.1. The molecule has 0 saturated carbocycles. The topological polar surface area (TPSA) is 51.0 Å². The van der Waals surface area contributed by atoms with Gasteiger partial charge in [-0.05, 0) is 49.8 Å². The van der Waals surface area contributed by atoms with Crippen LogP contribution < -0.4 is 0 Å². The summed E-state index contributed by atoms with van der Waals surface area (Å²) in [5.74, 6) is -0.373. The van der Waals surface area contributed by atoms with Crippen LogP contribution in [0.1, 0.15) is 44.6 Å². The first-order chi connectivity index (χ1) is 13.1. The Labute approximate surface area is 159 Å². The summed E-state index contributed by atoms with van der Waals surface area (Å²) in [5.41, 5.74) is 2.39. The van der Waals surface area contributed by atoms with Crippen LogP contribution in [0.3, 0.4) is 0 Å². The Balaban J connectivity index is 1.67. The molecule has 1 aliphatic carbocycles. The number of hydrogen-bond donors (Lipinski definition) is 0. The molecular weight excluding hydrogens is 343 g/mol. The molecule has 2 aromatic rings. The predicted octanol–water partition coefficient (Wildman–Crippen LogP) is 3.97. The first-order valence-electron chi connectivity index (χ1n) is 9.65. The zero-order valence-electron chi connectivity index (χ0n) is 15.9. The Bertz CT molecular complexity index is 755. The Hall–Kier alpha value is -2.50. The fourth-order valence-corrected chi connectivity index (χ4v) is 3.49. The standard InChI is InChI=1S/C21H27FN4O/c1-17(13-26-16-23-15-24-26)21(27)25(12-11-18-5-3-2-4-6-18)14-19-7-9-20(22)10-8-19/h5,7-10,15-17H,2-4,6,11-14H2,1H3. The highest BCUT2D eigenvalue weighted by Crippen LogP contribution is 2.21. The minimum Gasteiger partial charge on any atom is -0.338 e. The van der Waals surface area contributed by atoms with E-state index in [0.717, 1.165) is 24.8 Å². The van der Waals surface area contributed by atoms with Gasteiger partial charge >= 0.3 is 0 Å². The van der Waals surface area contributed by atoms with Crippen LogP contribution in [0.25, 0.3) is 0 Å². The van der Waals surface area contributed by atoms with Gasteiger partial charge in [-0.15, -0.1) is 0 Å². The van der Waals surface area contributed by atoms with Gasteiger partial charge in [-0.1, -0.05) is 30.7 Å². The largest absolute Gasteiger partial charge is 0.338 e. The molecule has 1 heterocycles. The molecule has 1 aliphatic rings. The van der Waals surface area contributed by atoms with Gasteiger partial charge in [-0.3, -0.25) is 9.48 Å². The van der Waals surface area contributed by atoms with Crippen molar-refractivity contribution in [3.63, 3.8) is 0 Å². The van der Waals surface area contributed by atoms with E-state index in [1.54, 1.807) is 23.1 Å². The molecule has 0 radical (unpaired) electrons. The maximum absolute atomic E-state index is 13.2. The Morgan fingerprint density at radius 2 is 2.11 bits per heavy atom. The zero-order valence-corrected chi connectivity index (χ0v) is 15.9. The van der Waals surface area contributed by atoms with E-state index < -0.39 is 0 Å². The molecule has 6 heteroatoms. The minimum atomic E-state index is -0.261. The summed E-state index contributed by atoms with van der Waals surface area (Å²) in [7, 11) is 0. The molecule has 0 spiro atoms. The molecule has 0 N–H and O–H groups in total. The van der Waals surface area contributed by atoms with Crippen LogP contribution in [0, 0.1) is 11.7 Å². The number of carbonyl (C=O) groups excluding carboxylic acids is 1. The molecule has 0 aliphatic heterocycles. The average molecular weight is 370 g/mol. The summed E-state index contributed by atoms with van der Waals surface area (Å²) < 4.78 is 14.9. The highest BCUT2D eigenvalue weighted by Gasteiger charge is 2.22. The highest BCUT2D eigenvalue weighted by atomic mass is 19.1. The summed E-state index contributed by atoms with van der Waals surface area (Å²) in [5, 5.41) is 4.10. The number of nitrogens with zero attached hydrogens (tertiary/aromatic N) is 4. The molecule has 1 unspecified atom stereocenters. The lowest BCUT2D eigenvalue weighted by Gasteiger charge is -2.27. The summed E-state index contributed by atoms with van der Waals surface area (Å²) in [6, 6.07) is 6.39. The number of carbonyl (C=O) groups is 1. The number of benzene rings is 1. The van der Waals surface area contributed by atoms with Crippen molar-refractivity contribution >= 4 is 5.91 Å². The van der Waals surface area contributed by atoms with Gasteiger partial charge < -0.3 is 4.90 Å². The molecule has 1 amide bonds. The number of halogens is 1. The van der Waals surface area contributed by atoms with Crippen molar-refractivity contribution in [3.8, 4) is 0 Å². The lowest BCUT2D eigenvalue weighted by Crippen LogP contribution is -2.37. The van der Waals surface area contributed by atoms with Crippen LogP contribution in [-0.4, -0.2) is 32.1 Å². The van der Waals surface area contributed by atoms with E-state index in [1.807, 2.05) is 11.8 Å². The molecule has 27 heavy (non-hydrogen) atoms. The molecule has 0 fully saturated rings. The van der Waals surface area contributed by atoms with Crippen LogP contribution in [0.2, 0.25) is 0 Å². The molecule has 144 valence electrons. The number of rotatable bonds is 8. The van der Waals surface area contributed by atoms with Gasteiger partial charge in [-0.25, -0.2) is 9.37 Å². The van der Waals surface area contributed by atoms with Crippen molar-refractivity contribution < 1.29 is 9.18 Å². The monoisotopic (exact) mass is 370 g/mol. The van der Waals surface area contributed by atoms with Crippen LogP contribution in [0.4, 0.5) is 4.39 Å². The van der Waals surface area contributed by atoms with Crippen molar-refractivity contribution in [1.29, 1.82) is 0 Å². The van der Waals surface area contributed by atoms with Gasteiger partial charge in [0.15, 0.2) is 0 Å². The second-order valence-corrected chi connectivity index (χ2v) is 7.26. The molecule has 1 aromatic heterocycles. The van der Waals surface area contributed by atoms with Gasteiger partial charge in [0.25, 0.3) is 0 Å². The first-order valence-corrected chi connectivity index (χ1v) is 9.65. The summed E-state index contributed by atoms with van der Waals surface area (Å²) in [6.45, 7) is 3.60.